The molecule has 4 aromatic rings. The first kappa shape index (κ1) is 37.1. The van der Waals surface area contributed by atoms with Gasteiger partial charge in [-0.25, -0.2) is 0 Å². The van der Waals surface area contributed by atoms with Crippen molar-refractivity contribution < 1.29 is 18.6 Å². The molecule has 0 amide bonds. The molecule has 0 spiro atoms. The van der Waals surface area contributed by atoms with Gasteiger partial charge in [-0.15, -0.1) is 0 Å². The summed E-state index contributed by atoms with van der Waals surface area (Å²) >= 11 is 14.1. The van der Waals surface area contributed by atoms with Gasteiger partial charge >= 0.3 is 13.1 Å². The molecule has 4 aromatic carbocycles. The molecule has 0 atom stereocenters. The minimum Gasteiger partial charge on any atom is -0.512 e. The molecule has 52 heavy (non-hydrogen) atoms. The second-order valence-corrected chi connectivity index (χ2v) is 19.9. The van der Waals surface area contributed by atoms with Gasteiger partial charge in [-0.3, -0.25) is 0 Å². The molecule has 0 fully saturated rings. The average molecular weight is 737 g/mol. The molecule has 0 N–H and O–H groups in total. The van der Waals surface area contributed by atoms with E-state index in [1.54, 1.807) is 0 Å². The lowest BCUT2D eigenvalue weighted by atomic mass is 9.78. The van der Waals surface area contributed by atoms with E-state index in [1.807, 2.05) is 0 Å². The first-order valence-electron chi connectivity index (χ1n) is 18.6. The summed E-state index contributed by atoms with van der Waals surface area (Å²) in [5.74, 6) is 3.04. The van der Waals surface area contributed by atoms with Crippen LogP contribution in [0, 0.1) is 0 Å². The van der Waals surface area contributed by atoms with Crippen molar-refractivity contribution in [3.05, 3.63) is 115 Å². The lowest BCUT2D eigenvalue weighted by molar-refractivity contribution is 0.424. The molecular formula is C44H52B2Cl2O4. The smallest absolute Gasteiger partial charge is 0.512 e. The second kappa shape index (κ2) is 12.7. The molecule has 4 nitrogen and oxygen atoms in total. The number of hydrogen-bond donors (Lipinski definition) is 0. The molecule has 0 radical (unpaired) electrons. The van der Waals surface area contributed by atoms with Crippen molar-refractivity contribution in [1.29, 1.82) is 0 Å². The summed E-state index contributed by atoms with van der Waals surface area (Å²) in [5.41, 5.74) is 13.0. The van der Waals surface area contributed by atoms with E-state index in [9.17, 15) is 0 Å². The largest absolute Gasteiger partial charge is 0.713 e. The van der Waals surface area contributed by atoms with E-state index >= 15 is 0 Å². The normalized spacial score (nSPS) is 15.7. The maximum atomic E-state index is 7.07. The average Bonchev–Trinajstić information content (AvgIpc) is 2.98. The lowest BCUT2D eigenvalue weighted by Crippen LogP contribution is -2.30. The number of halogens is 2. The van der Waals surface area contributed by atoms with Crippen LogP contribution in [0.4, 0.5) is 0 Å². The van der Waals surface area contributed by atoms with Crippen LogP contribution < -0.4 is 18.6 Å². The highest BCUT2D eigenvalue weighted by Gasteiger charge is 2.36. The Bertz CT molecular complexity index is 1790. The van der Waals surface area contributed by atoms with E-state index in [1.165, 1.54) is 22.3 Å². The zero-order valence-corrected chi connectivity index (χ0v) is 34.5. The zero-order chi connectivity index (χ0) is 37.7. The summed E-state index contributed by atoms with van der Waals surface area (Å²) in [6.07, 6.45) is 2.37. The van der Waals surface area contributed by atoms with Gasteiger partial charge in [-0.05, 0) is 88.4 Å². The van der Waals surface area contributed by atoms with Crippen LogP contribution in [0.25, 0.3) is 0 Å². The topological polar surface area (TPSA) is 36.9 Å². The first-order chi connectivity index (χ1) is 24.0. The predicted molar refractivity (Wildman–Crippen MR) is 218 cm³/mol. The fourth-order valence-corrected chi connectivity index (χ4v) is 8.00. The van der Waals surface area contributed by atoms with Crippen molar-refractivity contribution in [2.24, 2.45) is 0 Å². The summed E-state index contributed by atoms with van der Waals surface area (Å²) in [6.45, 7) is 25.1. The third kappa shape index (κ3) is 7.19. The van der Waals surface area contributed by atoms with Crippen LogP contribution in [0.3, 0.4) is 0 Å². The van der Waals surface area contributed by atoms with Crippen LogP contribution in [-0.2, 0) is 47.3 Å². The maximum Gasteiger partial charge on any atom is 0.713 e. The van der Waals surface area contributed by atoms with E-state index in [4.69, 9.17) is 41.5 Å². The van der Waals surface area contributed by atoms with E-state index in [0.717, 1.165) is 67.5 Å². The van der Waals surface area contributed by atoms with E-state index < -0.39 is 13.1 Å². The number of hydrogen-bond acceptors (Lipinski definition) is 4. The molecule has 272 valence electrons. The molecule has 10 rings (SSSR count). The molecule has 5 aliphatic heterocycles. The number of benzene rings is 4. The zero-order valence-electron chi connectivity index (χ0n) is 33.0. The molecule has 0 unspecified atom stereocenters. The van der Waals surface area contributed by atoms with Crippen molar-refractivity contribution in [1.82, 2.24) is 0 Å². The molecule has 12 bridgehead atoms. The van der Waals surface area contributed by atoms with Gasteiger partial charge in [0.05, 0.1) is 0 Å². The van der Waals surface area contributed by atoms with Crippen molar-refractivity contribution in [2.45, 2.75) is 130 Å². The van der Waals surface area contributed by atoms with Gasteiger partial charge in [0.2, 0.25) is 0 Å². The fourth-order valence-electron chi connectivity index (χ4n) is 7.65. The van der Waals surface area contributed by atoms with Crippen LogP contribution in [0.1, 0.15) is 150 Å². The minimum atomic E-state index is -1.04. The Kier molecular flexibility index (Phi) is 9.06. The Labute approximate surface area is 322 Å². The first-order valence-corrected chi connectivity index (χ1v) is 19.5. The van der Waals surface area contributed by atoms with E-state index in [-0.39, 0.29) is 21.7 Å². The summed E-state index contributed by atoms with van der Waals surface area (Å²) in [7, 11) is 0. The fraction of sp³-hybridized carbons (Fsp3) is 0.455. The third-order valence-corrected chi connectivity index (χ3v) is 11.2. The van der Waals surface area contributed by atoms with Crippen LogP contribution >= 0.6 is 22.9 Å². The van der Waals surface area contributed by atoms with Crippen molar-refractivity contribution in [2.75, 3.05) is 0 Å². The van der Waals surface area contributed by atoms with Gasteiger partial charge in [0.15, 0.2) is 0 Å². The molecule has 5 heterocycles. The molecule has 0 saturated carbocycles. The summed E-state index contributed by atoms with van der Waals surface area (Å²) in [6, 6.07) is 18.3. The summed E-state index contributed by atoms with van der Waals surface area (Å²) in [4.78, 5) is 0. The van der Waals surface area contributed by atoms with Crippen LogP contribution in [0.5, 0.6) is 23.0 Å². The second-order valence-electron chi connectivity index (χ2n) is 19.2. The molecule has 1 aliphatic carbocycles. The van der Waals surface area contributed by atoms with Gasteiger partial charge in [-0.1, -0.05) is 155 Å². The van der Waals surface area contributed by atoms with Gasteiger partial charge < -0.3 is 18.6 Å². The third-order valence-electron chi connectivity index (χ3n) is 10.8. The highest BCUT2D eigenvalue weighted by Crippen LogP contribution is 2.46. The summed E-state index contributed by atoms with van der Waals surface area (Å²) in [5, 5.41) is 0. The standard InChI is InChI=1S/C44H52B2Cl2O4/c1-41(2,3)33-17-25-13-26-18-34(42(4,5)6)23-31-16-32-24-36(44(10,11)12)20-28-14-27-19-35(43(7,8)9)22-30(39(27)51-46(48)52-40(28)32)15-29(21-33)37(25)49-45(47)50-38(26)31/h17-24H,13-16H2,1-12H3. The van der Waals surface area contributed by atoms with Crippen LogP contribution in [0.15, 0.2) is 48.5 Å². The molecule has 0 saturated heterocycles. The monoisotopic (exact) mass is 736 g/mol. The highest BCUT2D eigenvalue weighted by molar-refractivity contribution is 7.00. The van der Waals surface area contributed by atoms with Crippen LogP contribution in [0.2, 0.25) is 0 Å². The SMILES string of the molecule is CC(C)(C)c1cc2c3c(c1)Cc1cc(C(C)(C)C)cc4c1OB(Cl)Oc1c(cc(C(C)(C)C)cc1Cc1cc(C(C)(C)C)cc(c1OB(Cl)O3)C2)C4. The van der Waals surface area contributed by atoms with Gasteiger partial charge in [-0.2, -0.15) is 0 Å². The molecule has 0 aromatic heterocycles. The molecular weight excluding hydrogens is 685 g/mol. The van der Waals surface area contributed by atoms with Crippen molar-refractivity contribution >= 4 is 36.0 Å². The van der Waals surface area contributed by atoms with E-state index in [0.29, 0.717) is 25.7 Å². The number of rotatable bonds is 0. The molecule has 8 heteroatoms. The predicted octanol–water partition coefficient (Wildman–Crippen LogP) is 11.5. The van der Waals surface area contributed by atoms with Crippen LogP contribution in [-0.4, -0.2) is 13.1 Å². The summed E-state index contributed by atoms with van der Waals surface area (Å²) < 4.78 is 26.6. The Hall–Kier alpha value is -3.21. The Morgan fingerprint density at radius 2 is 0.500 bits per heavy atom. The van der Waals surface area contributed by atoms with E-state index in [2.05, 4.69) is 132 Å². The Balaban J connectivity index is 1.63. The van der Waals surface area contributed by atoms with Crippen molar-refractivity contribution in [3.63, 3.8) is 0 Å². The van der Waals surface area contributed by atoms with Gasteiger partial charge in [0, 0.05) is 25.7 Å². The van der Waals surface area contributed by atoms with Gasteiger partial charge in [0.25, 0.3) is 0 Å². The molecule has 6 aliphatic rings. The lowest BCUT2D eigenvalue weighted by Gasteiger charge is -2.32. The van der Waals surface area contributed by atoms with Gasteiger partial charge in [0.1, 0.15) is 23.0 Å². The Morgan fingerprint density at radius 3 is 0.635 bits per heavy atom. The maximum absolute atomic E-state index is 7.07. The Morgan fingerprint density at radius 1 is 0.346 bits per heavy atom. The quantitative estimate of drug-likeness (QED) is 0.148. The minimum absolute atomic E-state index is 0.108. The highest BCUT2D eigenvalue weighted by atomic mass is 35.5. The van der Waals surface area contributed by atoms with Crippen molar-refractivity contribution in [3.8, 4) is 23.0 Å².